The zero-order chi connectivity index (χ0) is 20.7. The number of carboxylic acids is 1. The lowest BCUT2D eigenvalue weighted by Crippen LogP contribution is -2.48. The first-order chi connectivity index (χ1) is 12.9. The summed E-state index contributed by atoms with van der Waals surface area (Å²) in [6.07, 6.45) is 0.935. The Balaban J connectivity index is 0.00000210. The third-order valence-electron chi connectivity index (χ3n) is 4.74. The highest BCUT2D eigenvalue weighted by Gasteiger charge is 2.18. The quantitative estimate of drug-likeness (QED) is 0.589. The normalized spacial score (nSPS) is 19.4. The standard InChI is InChI=1S/C17H34N4O3.CH2O2/c1-4-18-5-6-19(13-14-22)7-8-20(15-17(23)24)10-12-21(11-9-18)16(2)3;2-1-3/h14,16H,4-13,15H2,1-3H3,(H,23,24);1H,(H,2,3). The van der Waals surface area contributed by atoms with Gasteiger partial charge in [-0.2, -0.15) is 0 Å². The predicted octanol–water partition coefficient (Wildman–Crippen LogP) is -0.379. The third kappa shape index (κ3) is 12.5. The highest BCUT2D eigenvalue weighted by molar-refractivity contribution is 5.69. The molecule has 27 heavy (non-hydrogen) atoms. The van der Waals surface area contributed by atoms with E-state index < -0.39 is 5.97 Å². The molecule has 0 radical (unpaired) electrons. The molecule has 9 nitrogen and oxygen atoms in total. The number of aliphatic carboxylic acids is 1. The number of nitrogens with zero attached hydrogens (tertiary/aromatic N) is 4. The Morgan fingerprint density at radius 3 is 1.81 bits per heavy atom. The van der Waals surface area contributed by atoms with Gasteiger partial charge >= 0.3 is 5.97 Å². The number of likely N-dealkylation sites (N-methyl/N-ethyl adjacent to an activating group) is 1. The Labute approximate surface area is 162 Å². The maximum Gasteiger partial charge on any atom is 0.317 e. The van der Waals surface area contributed by atoms with E-state index in [9.17, 15) is 9.59 Å². The number of carboxylic acid groups (broad SMARTS) is 2. The van der Waals surface area contributed by atoms with Gasteiger partial charge in [-0.1, -0.05) is 6.92 Å². The van der Waals surface area contributed by atoms with Crippen LogP contribution in [0.2, 0.25) is 0 Å². The van der Waals surface area contributed by atoms with Gasteiger partial charge in [-0.25, -0.2) is 0 Å². The fraction of sp³-hybridized carbons (Fsp3) is 0.833. The Bertz CT molecular complexity index is 423. The summed E-state index contributed by atoms with van der Waals surface area (Å²) in [5.41, 5.74) is 0. The topological polar surface area (TPSA) is 105 Å². The zero-order valence-electron chi connectivity index (χ0n) is 16.9. The van der Waals surface area contributed by atoms with Crippen LogP contribution in [0.4, 0.5) is 0 Å². The molecule has 0 saturated carbocycles. The number of hydrogen-bond acceptors (Lipinski definition) is 7. The molecule has 0 spiro atoms. The fourth-order valence-electron chi connectivity index (χ4n) is 3.02. The van der Waals surface area contributed by atoms with Gasteiger partial charge in [-0.15, -0.1) is 0 Å². The molecule has 2 N–H and O–H groups in total. The van der Waals surface area contributed by atoms with Crippen molar-refractivity contribution in [3.63, 3.8) is 0 Å². The van der Waals surface area contributed by atoms with E-state index in [2.05, 4.69) is 35.5 Å². The van der Waals surface area contributed by atoms with Crippen molar-refractivity contribution in [3.05, 3.63) is 0 Å². The van der Waals surface area contributed by atoms with E-state index in [-0.39, 0.29) is 13.0 Å². The van der Waals surface area contributed by atoms with Crippen molar-refractivity contribution in [2.45, 2.75) is 26.8 Å². The van der Waals surface area contributed by atoms with Gasteiger partial charge in [0.25, 0.3) is 6.47 Å². The number of hydrogen-bond donors (Lipinski definition) is 2. The van der Waals surface area contributed by atoms with Crippen LogP contribution in [-0.2, 0) is 14.4 Å². The highest BCUT2D eigenvalue weighted by Crippen LogP contribution is 2.03. The van der Waals surface area contributed by atoms with Gasteiger partial charge in [-0.3, -0.25) is 24.3 Å². The van der Waals surface area contributed by atoms with E-state index in [0.29, 0.717) is 19.1 Å². The molecule has 158 valence electrons. The SMILES string of the molecule is CCN1CCN(CC=O)CCN(CC(=O)O)CCN(C(C)C)CC1.O=CO. The molecule has 0 atom stereocenters. The van der Waals surface area contributed by atoms with Gasteiger partial charge in [0.15, 0.2) is 0 Å². The van der Waals surface area contributed by atoms with E-state index in [1.165, 1.54) is 0 Å². The predicted molar refractivity (Wildman–Crippen MR) is 104 cm³/mol. The van der Waals surface area contributed by atoms with Crippen molar-refractivity contribution < 1.29 is 24.6 Å². The fourth-order valence-corrected chi connectivity index (χ4v) is 3.02. The second kappa shape index (κ2) is 15.5. The molecule has 0 amide bonds. The molecule has 1 fully saturated rings. The molecule has 0 aromatic heterocycles. The second-order valence-corrected chi connectivity index (χ2v) is 6.81. The summed E-state index contributed by atoms with van der Waals surface area (Å²) < 4.78 is 0. The van der Waals surface area contributed by atoms with Gasteiger partial charge < -0.3 is 19.9 Å². The monoisotopic (exact) mass is 388 g/mol. The highest BCUT2D eigenvalue weighted by atomic mass is 16.4. The van der Waals surface area contributed by atoms with Crippen LogP contribution in [0.1, 0.15) is 20.8 Å². The first kappa shape index (κ1) is 25.4. The first-order valence-corrected chi connectivity index (χ1v) is 9.52. The maximum absolute atomic E-state index is 11.1. The van der Waals surface area contributed by atoms with Gasteiger partial charge in [0.1, 0.15) is 6.29 Å². The van der Waals surface area contributed by atoms with Crippen LogP contribution in [0.25, 0.3) is 0 Å². The zero-order valence-corrected chi connectivity index (χ0v) is 16.9. The van der Waals surface area contributed by atoms with Crippen LogP contribution in [0.5, 0.6) is 0 Å². The van der Waals surface area contributed by atoms with Gasteiger partial charge in [0.2, 0.25) is 0 Å². The summed E-state index contributed by atoms with van der Waals surface area (Å²) in [6, 6.07) is 0.449. The molecule has 0 aromatic carbocycles. The van der Waals surface area contributed by atoms with E-state index in [1.54, 1.807) is 0 Å². The number of rotatable bonds is 6. The van der Waals surface area contributed by atoms with Crippen molar-refractivity contribution in [2.24, 2.45) is 0 Å². The Hall–Kier alpha value is -1.55. The van der Waals surface area contributed by atoms with E-state index in [0.717, 1.165) is 58.6 Å². The van der Waals surface area contributed by atoms with Crippen LogP contribution < -0.4 is 0 Å². The number of carbonyl (C=O) groups excluding carboxylic acids is 1. The summed E-state index contributed by atoms with van der Waals surface area (Å²) in [6.45, 7) is 14.6. The van der Waals surface area contributed by atoms with E-state index in [1.807, 2.05) is 4.90 Å². The molecule has 0 aliphatic carbocycles. The van der Waals surface area contributed by atoms with Gasteiger partial charge in [0.05, 0.1) is 13.1 Å². The summed E-state index contributed by atoms with van der Waals surface area (Å²) in [7, 11) is 0. The van der Waals surface area contributed by atoms with Crippen molar-refractivity contribution in [2.75, 3.05) is 72.0 Å². The molecule has 9 heteroatoms. The van der Waals surface area contributed by atoms with Gasteiger partial charge in [0, 0.05) is 58.4 Å². The molecule has 0 bridgehead atoms. The third-order valence-corrected chi connectivity index (χ3v) is 4.74. The van der Waals surface area contributed by atoms with Crippen LogP contribution in [0.15, 0.2) is 0 Å². The average molecular weight is 389 g/mol. The second-order valence-electron chi connectivity index (χ2n) is 6.81. The molecule has 1 heterocycles. The molecular weight excluding hydrogens is 352 g/mol. The number of aldehydes is 1. The Morgan fingerprint density at radius 1 is 0.926 bits per heavy atom. The average Bonchev–Trinajstić information content (AvgIpc) is 2.59. The molecule has 1 rings (SSSR count). The Morgan fingerprint density at radius 2 is 1.37 bits per heavy atom. The summed E-state index contributed by atoms with van der Waals surface area (Å²) in [5.74, 6) is -0.794. The minimum atomic E-state index is -0.794. The lowest BCUT2D eigenvalue weighted by Gasteiger charge is -2.34. The molecule has 1 aliphatic heterocycles. The molecule has 0 aromatic rings. The van der Waals surface area contributed by atoms with Crippen LogP contribution in [0, 0.1) is 0 Å². The minimum Gasteiger partial charge on any atom is -0.483 e. The lowest BCUT2D eigenvalue weighted by atomic mass is 10.2. The van der Waals surface area contributed by atoms with Crippen LogP contribution in [-0.4, -0.2) is 127 Å². The largest absolute Gasteiger partial charge is 0.483 e. The van der Waals surface area contributed by atoms with E-state index >= 15 is 0 Å². The maximum atomic E-state index is 11.1. The summed E-state index contributed by atoms with van der Waals surface area (Å²) in [5, 5.41) is 16.0. The van der Waals surface area contributed by atoms with Crippen molar-refractivity contribution in [1.29, 1.82) is 0 Å². The first-order valence-electron chi connectivity index (χ1n) is 9.52. The summed E-state index contributed by atoms with van der Waals surface area (Å²) in [4.78, 5) is 39.3. The number of carbonyl (C=O) groups is 3. The van der Waals surface area contributed by atoms with Crippen molar-refractivity contribution >= 4 is 18.7 Å². The molecule has 1 saturated heterocycles. The lowest BCUT2D eigenvalue weighted by molar-refractivity contribution is -0.138. The van der Waals surface area contributed by atoms with Crippen molar-refractivity contribution in [1.82, 2.24) is 19.6 Å². The smallest absolute Gasteiger partial charge is 0.317 e. The Kier molecular flexibility index (Phi) is 14.6. The molecular formula is C18H36N4O5. The minimum absolute atomic E-state index is 0.0575. The van der Waals surface area contributed by atoms with Crippen LogP contribution >= 0.6 is 0 Å². The summed E-state index contributed by atoms with van der Waals surface area (Å²) >= 11 is 0. The van der Waals surface area contributed by atoms with Crippen LogP contribution in [0.3, 0.4) is 0 Å². The van der Waals surface area contributed by atoms with E-state index in [4.69, 9.17) is 15.0 Å². The molecule has 1 aliphatic rings. The van der Waals surface area contributed by atoms with Gasteiger partial charge in [-0.05, 0) is 20.4 Å². The van der Waals surface area contributed by atoms with Crippen molar-refractivity contribution in [3.8, 4) is 0 Å². The molecule has 0 unspecified atom stereocenters.